The van der Waals surface area contributed by atoms with E-state index in [0.29, 0.717) is 33.7 Å². The molecule has 0 fully saturated rings. The lowest BCUT2D eigenvalue weighted by Crippen LogP contribution is -2.22. The standard InChI is InChI=1S/C18H15FN4O3S/c1-10(17(24)20-11-6-7-14-15(8-11)26-9-25-14)27-18-21-16(22-23-18)12-4-2-3-5-13(12)19/h2-8,10H,9H2,1H3,(H,20,24)(H,21,22,23). The molecule has 2 N–H and O–H groups in total. The van der Waals surface area contributed by atoms with Gasteiger partial charge in [-0.15, -0.1) is 5.10 Å². The van der Waals surface area contributed by atoms with Crippen molar-refractivity contribution >= 4 is 23.4 Å². The van der Waals surface area contributed by atoms with Gasteiger partial charge in [0.25, 0.3) is 0 Å². The Kier molecular flexibility index (Phi) is 4.68. The molecule has 7 nitrogen and oxygen atoms in total. The zero-order valence-corrected chi connectivity index (χ0v) is 15.0. The lowest BCUT2D eigenvalue weighted by Gasteiger charge is -2.10. The van der Waals surface area contributed by atoms with E-state index in [1.165, 1.54) is 17.8 Å². The van der Waals surface area contributed by atoms with Crippen molar-refractivity contribution in [1.82, 2.24) is 15.2 Å². The number of carbonyl (C=O) groups is 1. The molecule has 0 radical (unpaired) electrons. The van der Waals surface area contributed by atoms with Crippen molar-refractivity contribution < 1.29 is 18.7 Å². The number of nitrogens with zero attached hydrogens (tertiary/aromatic N) is 2. The van der Waals surface area contributed by atoms with Gasteiger partial charge in [-0.1, -0.05) is 23.9 Å². The molecule has 0 spiro atoms. The maximum atomic E-state index is 13.8. The molecule has 1 aliphatic rings. The number of H-pyrrole nitrogens is 1. The molecule has 1 aliphatic heterocycles. The average molecular weight is 386 g/mol. The molecule has 2 heterocycles. The third-order valence-electron chi connectivity index (χ3n) is 3.89. The second-order valence-electron chi connectivity index (χ2n) is 5.76. The van der Waals surface area contributed by atoms with Gasteiger partial charge in [0.05, 0.1) is 10.8 Å². The van der Waals surface area contributed by atoms with E-state index in [-0.39, 0.29) is 12.7 Å². The summed E-state index contributed by atoms with van der Waals surface area (Å²) in [6, 6.07) is 11.5. The summed E-state index contributed by atoms with van der Waals surface area (Å²) in [6.45, 7) is 1.92. The highest BCUT2D eigenvalue weighted by molar-refractivity contribution is 8.00. The zero-order chi connectivity index (χ0) is 18.8. The van der Waals surface area contributed by atoms with Crippen molar-refractivity contribution in [3.05, 3.63) is 48.3 Å². The number of amides is 1. The van der Waals surface area contributed by atoms with Gasteiger partial charge in [0.2, 0.25) is 17.9 Å². The third kappa shape index (κ3) is 3.72. The Balaban J connectivity index is 1.41. The zero-order valence-electron chi connectivity index (χ0n) is 14.2. The molecular weight excluding hydrogens is 371 g/mol. The maximum Gasteiger partial charge on any atom is 0.237 e. The summed E-state index contributed by atoms with van der Waals surface area (Å²) in [6.07, 6.45) is 0. The van der Waals surface area contributed by atoms with Gasteiger partial charge in [-0.3, -0.25) is 9.89 Å². The fourth-order valence-corrected chi connectivity index (χ4v) is 3.23. The summed E-state index contributed by atoms with van der Waals surface area (Å²) < 4.78 is 24.4. The number of aromatic amines is 1. The summed E-state index contributed by atoms with van der Waals surface area (Å²) in [5.41, 5.74) is 0.938. The number of halogens is 1. The fourth-order valence-electron chi connectivity index (χ4n) is 2.50. The van der Waals surface area contributed by atoms with Gasteiger partial charge in [-0.25, -0.2) is 9.37 Å². The van der Waals surface area contributed by atoms with E-state index in [1.807, 2.05) is 0 Å². The highest BCUT2D eigenvalue weighted by atomic mass is 32.2. The molecule has 27 heavy (non-hydrogen) atoms. The first-order valence-corrected chi connectivity index (χ1v) is 9.02. The number of nitrogens with one attached hydrogen (secondary N) is 2. The normalized spacial score (nSPS) is 13.4. The van der Waals surface area contributed by atoms with E-state index < -0.39 is 11.1 Å². The summed E-state index contributed by atoms with van der Waals surface area (Å²) in [5, 5.41) is 9.48. The first-order valence-electron chi connectivity index (χ1n) is 8.14. The number of ether oxygens (including phenoxy) is 2. The van der Waals surface area contributed by atoms with Gasteiger partial charge in [0, 0.05) is 11.8 Å². The molecular formula is C18H15FN4O3S. The molecule has 1 aromatic heterocycles. The van der Waals surface area contributed by atoms with Crippen LogP contribution in [0.2, 0.25) is 0 Å². The molecule has 3 aromatic rings. The molecule has 9 heteroatoms. The second kappa shape index (κ2) is 7.28. The smallest absolute Gasteiger partial charge is 0.237 e. The predicted molar refractivity (Wildman–Crippen MR) is 98.3 cm³/mol. The van der Waals surface area contributed by atoms with Crippen molar-refractivity contribution in [1.29, 1.82) is 0 Å². The van der Waals surface area contributed by atoms with Gasteiger partial charge in [-0.05, 0) is 31.2 Å². The van der Waals surface area contributed by atoms with Crippen LogP contribution in [0.4, 0.5) is 10.1 Å². The molecule has 0 aliphatic carbocycles. The van der Waals surface area contributed by atoms with Crippen LogP contribution in [0.25, 0.3) is 11.4 Å². The van der Waals surface area contributed by atoms with Crippen molar-refractivity contribution in [3.8, 4) is 22.9 Å². The number of hydrogen-bond acceptors (Lipinski definition) is 6. The first-order chi connectivity index (χ1) is 13.1. The quantitative estimate of drug-likeness (QED) is 0.653. The Morgan fingerprint density at radius 2 is 2.07 bits per heavy atom. The van der Waals surface area contributed by atoms with Crippen molar-refractivity contribution in [2.45, 2.75) is 17.3 Å². The molecule has 1 unspecified atom stereocenters. The average Bonchev–Trinajstić information content (AvgIpc) is 3.31. The van der Waals surface area contributed by atoms with Crippen LogP contribution in [0.5, 0.6) is 11.5 Å². The van der Waals surface area contributed by atoms with Crippen LogP contribution >= 0.6 is 11.8 Å². The number of anilines is 1. The SMILES string of the molecule is CC(Sc1n[nH]c(-c2ccccc2F)n1)C(=O)Nc1ccc2c(c1)OCO2. The van der Waals surface area contributed by atoms with Crippen LogP contribution in [0, 0.1) is 5.82 Å². The molecule has 0 bridgehead atoms. The lowest BCUT2D eigenvalue weighted by molar-refractivity contribution is -0.115. The van der Waals surface area contributed by atoms with E-state index in [4.69, 9.17) is 9.47 Å². The van der Waals surface area contributed by atoms with E-state index in [1.54, 1.807) is 43.3 Å². The predicted octanol–water partition coefficient (Wildman–Crippen LogP) is 3.46. The Labute approximate surface area is 158 Å². The molecule has 4 rings (SSSR count). The van der Waals surface area contributed by atoms with Gasteiger partial charge in [0.15, 0.2) is 17.3 Å². The number of thioether (sulfide) groups is 1. The van der Waals surface area contributed by atoms with E-state index in [0.717, 1.165) is 0 Å². The highest BCUT2D eigenvalue weighted by Crippen LogP contribution is 2.34. The number of fused-ring (bicyclic) bond motifs is 1. The van der Waals surface area contributed by atoms with Crippen LogP contribution in [-0.2, 0) is 4.79 Å². The minimum absolute atomic E-state index is 0.175. The Morgan fingerprint density at radius 3 is 2.93 bits per heavy atom. The molecule has 2 aromatic carbocycles. The maximum absolute atomic E-state index is 13.8. The van der Waals surface area contributed by atoms with Crippen molar-refractivity contribution in [3.63, 3.8) is 0 Å². The van der Waals surface area contributed by atoms with E-state index in [2.05, 4.69) is 20.5 Å². The third-order valence-corrected chi connectivity index (χ3v) is 4.85. The first kappa shape index (κ1) is 17.3. The Hall–Kier alpha value is -3.07. The van der Waals surface area contributed by atoms with Gasteiger partial charge in [0.1, 0.15) is 5.82 Å². The van der Waals surface area contributed by atoms with Gasteiger partial charge < -0.3 is 14.8 Å². The molecule has 1 atom stereocenters. The van der Waals surface area contributed by atoms with Crippen LogP contribution in [0.1, 0.15) is 6.92 Å². The van der Waals surface area contributed by atoms with Crippen molar-refractivity contribution in [2.24, 2.45) is 0 Å². The minimum atomic E-state index is -0.459. The van der Waals surface area contributed by atoms with Gasteiger partial charge >= 0.3 is 0 Å². The Morgan fingerprint density at radius 1 is 1.26 bits per heavy atom. The van der Waals surface area contributed by atoms with Crippen LogP contribution in [-0.4, -0.2) is 33.1 Å². The minimum Gasteiger partial charge on any atom is -0.454 e. The number of rotatable bonds is 5. The summed E-state index contributed by atoms with van der Waals surface area (Å²) >= 11 is 1.17. The van der Waals surface area contributed by atoms with Crippen LogP contribution in [0.15, 0.2) is 47.6 Å². The van der Waals surface area contributed by atoms with Crippen LogP contribution < -0.4 is 14.8 Å². The second-order valence-corrected chi connectivity index (χ2v) is 7.07. The Bertz CT molecular complexity index is 994. The lowest BCUT2D eigenvalue weighted by atomic mass is 10.2. The number of benzene rings is 2. The summed E-state index contributed by atoms with van der Waals surface area (Å²) in [4.78, 5) is 16.7. The number of aromatic nitrogens is 3. The number of hydrogen-bond donors (Lipinski definition) is 2. The molecule has 138 valence electrons. The molecule has 0 saturated heterocycles. The highest BCUT2D eigenvalue weighted by Gasteiger charge is 2.20. The molecule has 1 amide bonds. The number of carbonyl (C=O) groups excluding carboxylic acids is 1. The van der Waals surface area contributed by atoms with E-state index in [9.17, 15) is 9.18 Å². The largest absolute Gasteiger partial charge is 0.454 e. The summed E-state index contributed by atoms with van der Waals surface area (Å²) in [5.74, 6) is 0.960. The topological polar surface area (TPSA) is 89.1 Å². The van der Waals surface area contributed by atoms with Crippen LogP contribution in [0.3, 0.4) is 0 Å². The molecule has 0 saturated carbocycles. The fraction of sp³-hybridized carbons (Fsp3) is 0.167. The monoisotopic (exact) mass is 386 g/mol. The summed E-state index contributed by atoms with van der Waals surface area (Å²) in [7, 11) is 0. The van der Waals surface area contributed by atoms with Gasteiger partial charge in [-0.2, -0.15) is 0 Å². The van der Waals surface area contributed by atoms with Crippen molar-refractivity contribution in [2.75, 3.05) is 12.1 Å². The van der Waals surface area contributed by atoms with E-state index >= 15 is 0 Å².